The third-order valence-corrected chi connectivity index (χ3v) is 3.63. The minimum absolute atomic E-state index is 0.809. The molecule has 0 aliphatic carbocycles. The molecule has 1 aromatic carbocycles. The topological polar surface area (TPSA) is 38.7 Å². The molecule has 2 aromatic heterocycles. The van der Waals surface area contributed by atoms with Gasteiger partial charge in [-0.15, -0.1) is 5.10 Å². The third-order valence-electron chi connectivity index (χ3n) is 2.62. The zero-order valence-electron chi connectivity index (χ0n) is 9.65. The molecule has 3 aromatic rings. The first-order valence-electron chi connectivity index (χ1n) is 5.66. The zero-order chi connectivity index (χ0) is 12.2. The van der Waals surface area contributed by atoms with E-state index in [1.807, 2.05) is 36.5 Å². The van der Waals surface area contributed by atoms with E-state index in [-0.39, 0.29) is 0 Å². The molecule has 88 valence electrons. The predicted molar refractivity (Wildman–Crippen MR) is 73.3 cm³/mol. The fourth-order valence-electron chi connectivity index (χ4n) is 1.73. The van der Waals surface area contributed by atoms with Gasteiger partial charge in [0.1, 0.15) is 5.03 Å². The summed E-state index contributed by atoms with van der Waals surface area (Å²) < 4.78 is 0. The molecule has 0 aliphatic heterocycles. The van der Waals surface area contributed by atoms with Crippen molar-refractivity contribution in [2.45, 2.75) is 10.8 Å². The van der Waals surface area contributed by atoms with E-state index in [1.165, 1.54) is 0 Å². The first-order chi connectivity index (χ1) is 8.93. The molecule has 0 saturated heterocycles. The summed E-state index contributed by atoms with van der Waals surface area (Å²) in [5.74, 6) is 0.809. The van der Waals surface area contributed by atoms with E-state index in [9.17, 15) is 0 Å². The number of aromatic nitrogens is 3. The Labute approximate surface area is 109 Å². The van der Waals surface area contributed by atoms with Gasteiger partial charge in [-0.1, -0.05) is 42.1 Å². The summed E-state index contributed by atoms with van der Waals surface area (Å²) in [5, 5.41) is 11.5. The van der Waals surface area contributed by atoms with Crippen LogP contribution in [0.2, 0.25) is 0 Å². The van der Waals surface area contributed by atoms with Crippen LogP contribution in [-0.4, -0.2) is 15.2 Å². The van der Waals surface area contributed by atoms with Gasteiger partial charge in [0, 0.05) is 22.7 Å². The van der Waals surface area contributed by atoms with Crippen molar-refractivity contribution in [2.24, 2.45) is 0 Å². The highest BCUT2D eigenvalue weighted by Crippen LogP contribution is 2.26. The van der Waals surface area contributed by atoms with Crippen molar-refractivity contribution in [1.29, 1.82) is 0 Å². The van der Waals surface area contributed by atoms with Gasteiger partial charge in [-0.25, -0.2) is 0 Å². The summed E-state index contributed by atoms with van der Waals surface area (Å²) in [6.07, 6.45) is 3.60. The molecule has 0 unspecified atom stereocenters. The summed E-state index contributed by atoms with van der Waals surface area (Å²) in [7, 11) is 0. The van der Waals surface area contributed by atoms with Gasteiger partial charge in [-0.3, -0.25) is 4.98 Å². The van der Waals surface area contributed by atoms with Crippen LogP contribution < -0.4 is 0 Å². The van der Waals surface area contributed by atoms with Crippen LogP contribution in [0.1, 0.15) is 5.69 Å². The van der Waals surface area contributed by atoms with Crippen LogP contribution in [0.4, 0.5) is 0 Å². The fourth-order valence-corrected chi connectivity index (χ4v) is 2.64. The maximum Gasteiger partial charge on any atom is 0.127 e. The largest absolute Gasteiger partial charge is 0.260 e. The van der Waals surface area contributed by atoms with Gasteiger partial charge in [-0.2, -0.15) is 5.10 Å². The van der Waals surface area contributed by atoms with Crippen LogP contribution in [0, 0.1) is 0 Å². The molecule has 4 heteroatoms. The van der Waals surface area contributed by atoms with Crippen molar-refractivity contribution < 1.29 is 0 Å². The number of hydrogen-bond donors (Lipinski definition) is 0. The van der Waals surface area contributed by atoms with Crippen LogP contribution in [0.15, 0.2) is 59.9 Å². The highest BCUT2D eigenvalue weighted by atomic mass is 32.2. The number of hydrogen-bond acceptors (Lipinski definition) is 4. The second-order valence-electron chi connectivity index (χ2n) is 3.85. The molecule has 18 heavy (non-hydrogen) atoms. The van der Waals surface area contributed by atoms with E-state index < -0.39 is 0 Å². The van der Waals surface area contributed by atoms with Crippen molar-refractivity contribution in [3.63, 3.8) is 0 Å². The molecule has 0 spiro atoms. The van der Waals surface area contributed by atoms with Crippen LogP contribution >= 0.6 is 11.8 Å². The molecular weight excluding hydrogens is 242 g/mol. The summed E-state index contributed by atoms with van der Waals surface area (Å²) >= 11 is 1.67. The second kappa shape index (κ2) is 5.14. The van der Waals surface area contributed by atoms with Gasteiger partial charge < -0.3 is 0 Å². The average Bonchev–Trinajstić information content (AvgIpc) is 2.46. The minimum atomic E-state index is 0.809. The Morgan fingerprint density at radius 1 is 1.00 bits per heavy atom. The van der Waals surface area contributed by atoms with Crippen LogP contribution in [0.25, 0.3) is 10.8 Å². The van der Waals surface area contributed by atoms with Crippen molar-refractivity contribution in [2.75, 3.05) is 0 Å². The molecule has 0 saturated carbocycles. The number of rotatable bonds is 3. The lowest BCUT2D eigenvalue weighted by molar-refractivity contribution is 0.954. The van der Waals surface area contributed by atoms with E-state index in [0.29, 0.717) is 0 Å². The first-order valence-corrected chi connectivity index (χ1v) is 6.65. The summed E-state index contributed by atoms with van der Waals surface area (Å²) in [6, 6.07) is 14.1. The number of thioether (sulfide) groups is 1. The monoisotopic (exact) mass is 253 g/mol. The second-order valence-corrected chi connectivity index (χ2v) is 4.81. The molecule has 0 atom stereocenters. The maximum absolute atomic E-state index is 4.30. The van der Waals surface area contributed by atoms with Crippen LogP contribution in [0.3, 0.4) is 0 Å². The Morgan fingerprint density at radius 3 is 2.78 bits per heavy atom. The lowest BCUT2D eigenvalue weighted by Gasteiger charge is -2.03. The highest BCUT2D eigenvalue weighted by molar-refractivity contribution is 7.98. The molecular formula is C14H11N3S. The molecule has 0 bridgehead atoms. The van der Waals surface area contributed by atoms with Crippen LogP contribution in [0.5, 0.6) is 0 Å². The Morgan fingerprint density at radius 2 is 1.89 bits per heavy atom. The standard InChI is InChI=1S/C14H11N3S/c1-2-7-13-11(5-1)9-16-17-14(13)18-10-12-6-3-4-8-15-12/h1-9H,10H2. The lowest BCUT2D eigenvalue weighted by Crippen LogP contribution is -1.89. The van der Waals surface area contributed by atoms with E-state index >= 15 is 0 Å². The van der Waals surface area contributed by atoms with E-state index in [2.05, 4.69) is 27.3 Å². The van der Waals surface area contributed by atoms with E-state index in [4.69, 9.17) is 0 Å². The Bertz CT molecular complexity index is 650. The number of benzene rings is 1. The van der Waals surface area contributed by atoms with Crippen molar-refractivity contribution >= 4 is 22.5 Å². The third kappa shape index (κ3) is 2.33. The average molecular weight is 253 g/mol. The summed E-state index contributed by atoms with van der Waals surface area (Å²) in [5.41, 5.74) is 1.05. The van der Waals surface area contributed by atoms with Crippen molar-refractivity contribution in [3.05, 3.63) is 60.6 Å². The Hall–Kier alpha value is -1.94. The molecule has 0 aliphatic rings. The molecule has 2 heterocycles. The highest BCUT2D eigenvalue weighted by Gasteiger charge is 2.04. The molecule has 0 fully saturated rings. The van der Waals surface area contributed by atoms with Gasteiger partial charge in [-0.05, 0) is 12.1 Å². The fraction of sp³-hybridized carbons (Fsp3) is 0.0714. The molecule has 0 N–H and O–H groups in total. The summed E-state index contributed by atoms with van der Waals surface area (Å²) in [6.45, 7) is 0. The van der Waals surface area contributed by atoms with Gasteiger partial charge in [0.05, 0.1) is 11.9 Å². The Kier molecular flexibility index (Phi) is 3.19. The van der Waals surface area contributed by atoms with E-state index in [0.717, 1.165) is 27.2 Å². The number of pyridine rings is 1. The van der Waals surface area contributed by atoms with Crippen molar-refractivity contribution in [1.82, 2.24) is 15.2 Å². The van der Waals surface area contributed by atoms with Gasteiger partial charge in [0.15, 0.2) is 0 Å². The Balaban J connectivity index is 1.87. The molecule has 0 radical (unpaired) electrons. The minimum Gasteiger partial charge on any atom is -0.260 e. The number of fused-ring (bicyclic) bond motifs is 1. The molecule has 0 amide bonds. The smallest absolute Gasteiger partial charge is 0.127 e. The van der Waals surface area contributed by atoms with Gasteiger partial charge in [0.2, 0.25) is 0 Å². The first kappa shape index (κ1) is 11.2. The molecule has 3 rings (SSSR count). The SMILES string of the molecule is c1ccc(CSc2nncc3ccccc23)nc1. The number of nitrogens with zero attached hydrogens (tertiary/aromatic N) is 3. The normalized spacial score (nSPS) is 10.7. The van der Waals surface area contributed by atoms with Crippen molar-refractivity contribution in [3.8, 4) is 0 Å². The van der Waals surface area contributed by atoms with Crippen LogP contribution in [-0.2, 0) is 5.75 Å². The quantitative estimate of drug-likeness (QED) is 0.671. The summed E-state index contributed by atoms with van der Waals surface area (Å²) in [4.78, 5) is 4.30. The lowest BCUT2D eigenvalue weighted by atomic mass is 10.2. The molecule has 3 nitrogen and oxygen atoms in total. The van der Waals surface area contributed by atoms with E-state index in [1.54, 1.807) is 18.0 Å². The van der Waals surface area contributed by atoms with Gasteiger partial charge >= 0.3 is 0 Å². The maximum atomic E-state index is 4.30. The predicted octanol–water partition coefficient (Wildman–Crippen LogP) is 3.32. The zero-order valence-corrected chi connectivity index (χ0v) is 10.5. The van der Waals surface area contributed by atoms with Gasteiger partial charge in [0.25, 0.3) is 0 Å².